The van der Waals surface area contributed by atoms with Gasteiger partial charge in [-0.2, -0.15) is 0 Å². The van der Waals surface area contributed by atoms with Crippen molar-refractivity contribution in [2.75, 3.05) is 0 Å². The van der Waals surface area contributed by atoms with E-state index in [-0.39, 0.29) is 5.41 Å². The van der Waals surface area contributed by atoms with Gasteiger partial charge >= 0.3 is 0 Å². The molecular weight excluding hydrogens is 1230 g/mol. The van der Waals surface area contributed by atoms with Gasteiger partial charge in [0.2, 0.25) is 0 Å². The molecule has 0 N–H and O–H groups in total. The number of nitrogens with zero attached hydrogens (tertiary/aromatic N) is 8. The lowest BCUT2D eigenvalue weighted by molar-refractivity contribution is 0.660. The summed E-state index contributed by atoms with van der Waals surface area (Å²) in [7, 11) is 0. The summed E-state index contributed by atoms with van der Waals surface area (Å²) in [6.07, 6.45) is 4.33. The fourth-order valence-electron chi connectivity index (χ4n) is 15.9. The second kappa shape index (κ2) is 22.9. The number of aromatic nitrogens is 8. The number of hydrogen-bond donors (Lipinski definition) is 0. The highest BCUT2D eigenvalue weighted by Crippen LogP contribution is 2.50. The van der Waals surface area contributed by atoms with E-state index in [0.717, 1.165) is 89.8 Å². The van der Waals surface area contributed by atoms with E-state index < -0.39 is 0 Å². The van der Waals surface area contributed by atoms with Gasteiger partial charge in [-0.15, -0.1) is 0 Å². The van der Waals surface area contributed by atoms with Crippen molar-refractivity contribution in [1.29, 1.82) is 0 Å². The van der Waals surface area contributed by atoms with Gasteiger partial charge in [0.15, 0.2) is 11.6 Å². The topological polar surface area (TPSA) is 71.3 Å². The van der Waals surface area contributed by atoms with E-state index in [1.165, 1.54) is 98.4 Å². The number of fused-ring (bicyclic) bond motifs is 14. The molecule has 0 saturated heterocycles. The summed E-state index contributed by atoms with van der Waals surface area (Å²) in [4.78, 5) is 20.6. The molecule has 0 saturated carbocycles. The van der Waals surface area contributed by atoms with Crippen LogP contribution < -0.4 is 0 Å². The Bertz CT molecular complexity index is 6710. The molecule has 1 aliphatic rings. The van der Waals surface area contributed by atoms with Gasteiger partial charge in [0.1, 0.15) is 0 Å². The van der Waals surface area contributed by atoms with Crippen molar-refractivity contribution in [3.63, 3.8) is 0 Å². The molecule has 20 aromatic rings. The first-order valence-corrected chi connectivity index (χ1v) is 34.5. The molecule has 21 rings (SSSR count). The van der Waals surface area contributed by atoms with Crippen molar-refractivity contribution >= 4 is 98.0 Å². The molecule has 0 aliphatic heterocycles. The Morgan fingerprint density at radius 3 is 1.22 bits per heavy atom. The zero-order valence-corrected chi connectivity index (χ0v) is 55.4. The molecule has 6 heterocycles. The van der Waals surface area contributed by atoms with Crippen molar-refractivity contribution in [2.45, 2.75) is 19.3 Å². The first-order chi connectivity index (χ1) is 49.8. The third-order valence-corrected chi connectivity index (χ3v) is 20.9. The summed E-state index contributed by atoms with van der Waals surface area (Å²) in [6, 6.07) is 117. The summed E-state index contributed by atoms with van der Waals surface area (Å²) in [5.41, 5.74) is 24.8. The standard InChI is InChI=1S/C49H34N4.C44H28N4/c1-49(2)41-17-9-6-14-36(41)37-25-22-33(28-42(37)49)47-39-16-7-10-18-43(39)50-48(51-47)31-20-23-35(24-21-31)53-44-19-11-8-15-38(44)40-30-45-32(29-46(40)53)26-27-52(45)34-12-4-3-5-13-34;1-2-12-34(13-3-1)47-25-24-32-27-42-38(28-41(32)47)36-14-7-9-17-40(36)48(42)35-22-20-30(21-23-35)44-45-39-16-8-6-15-37(39)43(46-44)33-19-18-29-10-4-5-11-31(29)26-33/h3-30H,1-2H3;1-28H. The van der Waals surface area contributed by atoms with E-state index >= 15 is 0 Å². The largest absolute Gasteiger partial charge is 0.317 e. The molecule has 0 radical (unpaired) electrons. The number of benzene rings is 14. The minimum Gasteiger partial charge on any atom is -0.317 e. The Labute approximate surface area is 582 Å². The first-order valence-electron chi connectivity index (χ1n) is 34.5. The molecule has 101 heavy (non-hydrogen) atoms. The Kier molecular flexibility index (Phi) is 13.1. The highest BCUT2D eigenvalue weighted by molar-refractivity contribution is 6.15. The van der Waals surface area contributed by atoms with Crippen molar-refractivity contribution in [3.05, 3.63) is 351 Å². The van der Waals surface area contributed by atoms with Gasteiger partial charge in [0.25, 0.3) is 0 Å². The normalized spacial score (nSPS) is 12.5. The van der Waals surface area contributed by atoms with Gasteiger partial charge in [-0.25, -0.2) is 19.9 Å². The van der Waals surface area contributed by atoms with Crippen molar-refractivity contribution in [3.8, 4) is 79.2 Å². The van der Waals surface area contributed by atoms with Crippen LogP contribution in [-0.4, -0.2) is 38.2 Å². The summed E-state index contributed by atoms with van der Waals surface area (Å²) in [5, 5.41) is 11.9. The van der Waals surface area contributed by atoms with E-state index in [1.807, 2.05) is 6.07 Å². The molecule has 8 nitrogen and oxygen atoms in total. The Morgan fingerprint density at radius 2 is 0.673 bits per heavy atom. The van der Waals surface area contributed by atoms with Crippen LogP contribution in [0.1, 0.15) is 25.0 Å². The second-order valence-corrected chi connectivity index (χ2v) is 27.0. The molecule has 6 aromatic heterocycles. The maximum Gasteiger partial charge on any atom is 0.160 e. The fourth-order valence-corrected chi connectivity index (χ4v) is 15.9. The number of hydrogen-bond acceptors (Lipinski definition) is 4. The van der Waals surface area contributed by atoms with Gasteiger partial charge in [-0.3, -0.25) is 0 Å². The smallest absolute Gasteiger partial charge is 0.160 e. The summed E-state index contributed by atoms with van der Waals surface area (Å²) in [5.74, 6) is 1.44. The SMILES string of the molecule is CC1(C)c2ccccc2-c2ccc(-c3nc(-c4ccc(-n5c6ccccc6c6cc7c(ccn7-c7ccccc7)cc65)cc4)nc4ccccc34)cc21.c1ccc(-n2ccc3cc4c(cc32)c2ccccc2n4-c2ccc(-c3nc(-c4ccc5ccccc5c4)c4ccccc4n3)cc2)cc1. The zero-order valence-electron chi connectivity index (χ0n) is 55.4. The van der Waals surface area contributed by atoms with Crippen LogP contribution in [0, 0.1) is 0 Å². The quantitative estimate of drug-likeness (QED) is 0.152. The average Bonchev–Trinajstić information content (AvgIpc) is 1.63. The maximum absolute atomic E-state index is 5.30. The third-order valence-electron chi connectivity index (χ3n) is 20.9. The van der Waals surface area contributed by atoms with Crippen LogP contribution in [0.25, 0.3) is 177 Å². The molecule has 0 amide bonds. The summed E-state index contributed by atoms with van der Waals surface area (Å²) in [6.45, 7) is 4.65. The van der Waals surface area contributed by atoms with Gasteiger partial charge in [0, 0.05) is 106 Å². The molecule has 0 unspecified atom stereocenters. The number of para-hydroxylation sites is 6. The van der Waals surface area contributed by atoms with E-state index in [2.05, 4.69) is 366 Å². The van der Waals surface area contributed by atoms with E-state index in [4.69, 9.17) is 19.9 Å². The molecule has 8 heteroatoms. The molecule has 0 atom stereocenters. The number of rotatable bonds is 8. The predicted molar refractivity (Wildman–Crippen MR) is 418 cm³/mol. The van der Waals surface area contributed by atoms with Gasteiger partial charge in [0.05, 0.1) is 55.5 Å². The van der Waals surface area contributed by atoms with E-state index in [9.17, 15) is 0 Å². The Hall–Kier alpha value is -13.3. The predicted octanol–water partition coefficient (Wildman–Crippen LogP) is 23.5. The highest BCUT2D eigenvalue weighted by atomic mass is 15.0. The average molecular weight is 1290 g/mol. The molecule has 0 spiro atoms. The fraction of sp³-hybridized carbons (Fsp3) is 0.0323. The first kappa shape index (κ1) is 57.9. The van der Waals surface area contributed by atoms with Crippen LogP contribution >= 0.6 is 0 Å². The summed E-state index contributed by atoms with van der Waals surface area (Å²) >= 11 is 0. The van der Waals surface area contributed by atoms with Crippen molar-refractivity contribution in [2.24, 2.45) is 0 Å². The lowest BCUT2D eigenvalue weighted by Crippen LogP contribution is -2.14. The third kappa shape index (κ3) is 9.44. The van der Waals surface area contributed by atoms with Crippen LogP contribution in [-0.2, 0) is 5.41 Å². The molecule has 14 aromatic carbocycles. The van der Waals surface area contributed by atoms with Gasteiger partial charge in [-0.05, 0) is 179 Å². The van der Waals surface area contributed by atoms with Crippen LogP contribution in [0.4, 0.5) is 0 Å². The molecule has 1 aliphatic carbocycles. The maximum atomic E-state index is 5.30. The van der Waals surface area contributed by atoms with Crippen LogP contribution in [0.3, 0.4) is 0 Å². The Morgan fingerprint density at radius 1 is 0.248 bits per heavy atom. The van der Waals surface area contributed by atoms with Gasteiger partial charge in [-0.1, -0.05) is 196 Å². The van der Waals surface area contributed by atoms with Crippen molar-refractivity contribution in [1.82, 2.24) is 38.2 Å². The molecular formula is C93H62N8. The van der Waals surface area contributed by atoms with Crippen LogP contribution in [0.2, 0.25) is 0 Å². The van der Waals surface area contributed by atoms with Crippen LogP contribution in [0.15, 0.2) is 340 Å². The zero-order chi connectivity index (χ0) is 66.9. The lowest BCUT2D eigenvalue weighted by Gasteiger charge is -2.22. The highest BCUT2D eigenvalue weighted by Gasteiger charge is 2.35. The molecule has 0 fully saturated rings. The summed E-state index contributed by atoms with van der Waals surface area (Å²) < 4.78 is 9.29. The van der Waals surface area contributed by atoms with Gasteiger partial charge < -0.3 is 18.3 Å². The minimum absolute atomic E-state index is 0.0894. The van der Waals surface area contributed by atoms with E-state index in [0.29, 0.717) is 0 Å². The minimum atomic E-state index is -0.0894. The van der Waals surface area contributed by atoms with E-state index in [1.54, 1.807) is 0 Å². The lowest BCUT2D eigenvalue weighted by atomic mass is 9.82. The molecule has 0 bridgehead atoms. The monoisotopic (exact) mass is 1290 g/mol. The Balaban J connectivity index is 0.000000136. The molecule has 474 valence electrons. The van der Waals surface area contributed by atoms with Crippen LogP contribution in [0.5, 0.6) is 0 Å². The second-order valence-electron chi connectivity index (χ2n) is 27.0. The van der Waals surface area contributed by atoms with Crippen molar-refractivity contribution < 1.29 is 0 Å².